The van der Waals surface area contributed by atoms with Crippen LogP contribution < -0.4 is 0 Å². The molecule has 5 heteroatoms. The Morgan fingerprint density at radius 2 is 2.15 bits per heavy atom. The Hall–Kier alpha value is -0.970. The minimum Gasteiger partial charge on any atom is -0.392 e. The zero-order valence-electron chi connectivity index (χ0n) is 11.8. The highest BCUT2D eigenvalue weighted by molar-refractivity contribution is 7.98. The van der Waals surface area contributed by atoms with Crippen LogP contribution in [0, 0.1) is 0 Å². The van der Waals surface area contributed by atoms with Crippen LogP contribution in [0.2, 0.25) is 5.02 Å². The SMILES string of the molecule is CCc1nn(CC)c(CSc2cccc(CO)c2)c1Cl. The van der Waals surface area contributed by atoms with Gasteiger partial charge in [0.1, 0.15) is 0 Å². The van der Waals surface area contributed by atoms with Crippen molar-refractivity contribution in [2.75, 3.05) is 0 Å². The molecule has 0 saturated carbocycles. The van der Waals surface area contributed by atoms with Crippen molar-refractivity contribution in [1.29, 1.82) is 0 Å². The van der Waals surface area contributed by atoms with Crippen LogP contribution in [-0.4, -0.2) is 14.9 Å². The lowest BCUT2D eigenvalue weighted by Crippen LogP contribution is -2.01. The number of halogens is 1. The summed E-state index contributed by atoms with van der Waals surface area (Å²) in [6.07, 6.45) is 0.851. The minimum atomic E-state index is 0.0715. The van der Waals surface area contributed by atoms with Crippen LogP contribution in [-0.2, 0) is 25.3 Å². The molecule has 0 aliphatic carbocycles. The van der Waals surface area contributed by atoms with Crippen molar-refractivity contribution in [2.24, 2.45) is 0 Å². The predicted octanol–water partition coefficient (Wildman–Crippen LogP) is 3.90. The van der Waals surface area contributed by atoms with Crippen molar-refractivity contribution in [3.05, 3.63) is 46.2 Å². The van der Waals surface area contributed by atoms with Gasteiger partial charge >= 0.3 is 0 Å². The monoisotopic (exact) mass is 310 g/mol. The number of hydrogen-bond donors (Lipinski definition) is 1. The van der Waals surface area contributed by atoms with Gasteiger partial charge in [-0.1, -0.05) is 30.7 Å². The molecule has 1 heterocycles. The van der Waals surface area contributed by atoms with E-state index in [9.17, 15) is 0 Å². The topological polar surface area (TPSA) is 38.0 Å². The van der Waals surface area contributed by atoms with E-state index < -0.39 is 0 Å². The zero-order chi connectivity index (χ0) is 14.5. The van der Waals surface area contributed by atoms with Gasteiger partial charge in [0.15, 0.2) is 0 Å². The third kappa shape index (κ3) is 3.37. The predicted molar refractivity (Wildman–Crippen MR) is 84.2 cm³/mol. The van der Waals surface area contributed by atoms with Gasteiger partial charge in [-0.3, -0.25) is 4.68 Å². The van der Waals surface area contributed by atoms with Gasteiger partial charge in [-0.25, -0.2) is 0 Å². The second-order valence-corrected chi connectivity index (χ2v) is 5.90. The van der Waals surface area contributed by atoms with Crippen molar-refractivity contribution >= 4 is 23.4 Å². The van der Waals surface area contributed by atoms with Crippen molar-refractivity contribution in [1.82, 2.24) is 9.78 Å². The van der Waals surface area contributed by atoms with E-state index in [0.29, 0.717) is 0 Å². The number of aliphatic hydroxyl groups is 1. The first-order valence-corrected chi connectivity index (χ1v) is 8.12. The van der Waals surface area contributed by atoms with E-state index in [0.717, 1.165) is 45.6 Å². The molecule has 1 aromatic carbocycles. The second-order valence-electron chi connectivity index (χ2n) is 4.47. The molecule has 108 valence electrons. The zero-order valence-corrected chi connectivity index (χ0v) is 13.3. The van der Waals surface area contributed by atoms with Crippen molar-refractivity contribution in [3.63, 3.8) is 0 Å². The fourth-order valence-corrected chi connectivity index (χ4v) is 3.46. The van der Waals surface area contributed by atoms with Crippen LogP contribution in [0.3, 0.4) is 0 Å². The molecule has 1 aromatic heterocycles. The number of nitrogens with zero attached hydrogens (tertiary/aromatic N) is 2. The fraction of sp³-hybridized carbons (Fsp3) is 0.400. The molecular weight excluding hydrogens is 292 g/mol. The first-order chi connectivity index (χ1) is 9.69. The highest BCUT2D eigenvalue weighted by atomic mass is 35.5. The van der Waals surface area contributed by atoms with E-state index in [-0.39, 0.29) is 6.61 Å². The van der Waals surface area contributed by atoms with E-state index in [1.165, 1.54) is 0 Å². The average Bonchev–Trinajstić information content (AvgIpc) is 2.81. The van der Waals surface area contributed by atoms with Crippen LogP contribution in [0.25, 0.3) is 0 Å². The Morgan fingerprint density at radius 1 is 1.35 bits per heavy atom. The molecule has 0 aliphatic rings. The number of benzene rings is 1. The third-order valence-corrected chi connectivity index (χ3v) is 4.59. The minimum absolute atomic E-state index is 0.0715. The molecule has 0 aliphatic heterocycles. The molecule has 3 nitrogen and oxygen atoms in total. The summed E-state index contributed by atoms with van der Waals surface area (Å²) in [5.41, 5.74) is 2.97. The molecule has 0 atom stereocenters. The van der Waals surface area contributed by atoms with Crippen LogP contribution in [0.15, 0.2) is 29.2 Å². The number of thioether (sulfide) groups is 1. The maximum absolute atomic E-state index is 9.16. The fourth-order valence-electron chi connectivity index (χ4n) is 2.04. The number of hydrogen-bond acceptors (Lipinski definition) is 3. The molecule has 2 rings (SSSR count). The van der Waals surface area contributed by atoms with Gasteiger partial charge < -0.3 is 5.11 Å². The second kappa shape index (κ2) is 7.16. The summed E-state index contributed by atoms with van der Waals surface area (Å²) in [5.74, 6) is 0.786. The summed E-state index contributed by atoms with van der Waals surface area (Å²) >= 11 is 8.11. The quantitative estimate of drug-likeness (QED) is 0.822. The molecule has 0 spiro atoms. The van der Waals surface area contributed by atoms with Crippen molar-refractivity contribution in [3.8, 4) is 0 Å². The van der Waals surface area contributed by atoms with Gasteiger partial charge in [0.25, 0.3) is 0 Å². The largest absolute Gasteiger partial charge is 0.392 e. The van der Waals surface area contributed by atoms with Crippen LogP contribution >= 0.6 is 23.4 Å². The van der Waals surface area contributed by atoms with Gasteiger partial charge in [0.2, 0.25) is 0 Å². The maximum Gasteiger partial charge on any atom is 0.0858 e. The van der Waals surface area contributed by atoms with Gasteiger partial charge in [0, 0.05) is 17.2 Å². The highest BCUT2D eigenvalue weighted by Gasteiger charge is 2.14. The molecule has 0 radical (unpaired) electrons. The summed E-state index contributed by atoms with van der Waals surface area (Å²) in [5, 5.41) is 14.5. The molecule has 0 amide bonds. The lowest BCUT2D eigenvalue weighted by atomic mass is 10.2. The van der Waals surface area contributed by atoms with Crippen molar-refractivity contribution in [2.45, 2.75) is 44.1 Å². The van der Waals surface area contributed by atoms with E-state index in [2.05, 4.69) is 18.9 Å². The number of aromatic nitrogens is 2. The Labute approximate surface area is 129 Å². The summed E-state index contributed by atoms with van der Waals surface area (Å²) < 4.78 is 1.98. The summed E-state index contributed by atoms with van der Waals surface area (Å²) in [6, 6.07) is 7.93. The Balaban J connectivity index is 2.15. The Morgan fingerprint density at radius 3 is 2.80 bits per heavy atom. The standard InChI is InChI=1S/C15H19ClN2OS/c1-3-13-15(16)14(18(4-2)17-13)10-20-12-7-5-6-11(8-12)9-19/h5-8,19H,3-4,9-10H2,1-2H3. The summed E-state index contributed by atoms with van der Waals surface area (Å²) in [6.45, 7) is 5.04. The van der Waals surface area contributed by atoms with Gasteiger partial charge in [-0.15, -0.1) is 11.8 Å². The van der Waals surface area contributed by atoms with E-state index >= 15 is 0 Å². The maximum atomic E-state index is 9.16. The molecule has 0 bridgehead atoms. The van der Waals surface area contributed by atoms with Crippen molar-refractivity contribution < 1.29 is 5.11 Å². The van der Waals surface area contributed by atoms with Crippen LogP contribution in [0.5, 0.6) is 0 Å². The molecule has 2 aromatic rings. The molecular formula is C15H19ClN2OS. The summed E-state index contributed by atoms with van der Waals surface area (Å²) in [4.78, 5) is 1.13. The summed E-state index contributed by atoms with van der Waals surface area (Å²) in [7, 11) is 0. The van der Waals surface area contributed by atoms with E-state index in [4.69, 9.17) is 16.7 Å². The van der Waals surface area contributed by atoms with E-state index in [1.54, 1.807) is 11.8 Å². The Bertz CT molecular complexity index is 583. The first-order valence-electron chi connectivity index (χ1n) is 6.76. The smallest absolute Gasteiger partial charge is 0.0858 e. The van der Waals surface area contributed by atoms with Crippen LogP contribution in [0.1, 0.15) is 30.8 Å². The van der Waals surface area contributed by atoms with Crippen LogP contribution in [0.4, 0.5) is 0 Å². The molecule has 0 unspecified atom stereocenters. The normalized spacial score (nSPS) is 11.0. The highest BCUT2D eigenvalue weighted by Crippen LogP contribution is 2.29. The molecule has 0 saturated heterocycles. The molecule has 1 N–H and O–H groups in total. The van der Waals surface area contributed by atoms with Gasteiger partial charge in [-0.2, -0.15) is 5.10 Å². The number of rotatable bonds is 6. The third-order valence-electron chi connectivity index (χ3n) is 3.15. The molecule has 20 heavy (non-hydrogen) atoms. The lowest BCUT2D eigenvalue weighted by molar-refractivity contribution is 0.281. The molecule has 0 fully saturated rings. The average molecular weight is 311 g/mol. The van der Waals surface area contributed by atoms with Gasteiger partial charge in [-0.05, 0) is 31.0 Å². The number of aryl methyl sites for hydroxylation is 2. The van der Waals surface area contributed by atoms with Gasteiger partial charge in [0.05, 0.1) is 23.0 Å². The Kier molecular flexibility index (Phi) is 5.52. The number of aliphatic hydroxyl groups excluding tert-OH is 1. The lowest BCUT2D eigenvalue weighted by Gasteiger charge is -2.06. The first kappa shape index (κ1) is 15.4. The van der Waals surface area contributed by atoms with E-state index in [1.807, 2.05) is 28.9 Å².